The predicted molar refractivity (Wildman–Crippen MR) is 112 cm³/mol. The molecule has 29 heavy (non-hydrogen) atoms. The van der Waals surface area contributed by atoms with Gasteiger partial charge >= 0.3 is 0 Å². The van der Waals surface area contributed by atoms with Gasteiger partial charge in [-0.15, -0.1) is 12.4 Å². The Bertz CT molecular complexity index is 1160. The van der Waals surface area contributed by atoms with Crippen LogP contribution in [0.15, 0.2) is 41.1 Å². The van der Waals surface area contributed by atoms with Crippen LogP contribution < -0.4 is 14.8 Å². The molecule has 0 atom stereocenters. The second-order valence-electron chi connectivity index (χ2n) is 6.21. The monoisotopic (exact) mass is 413 g/mol. The summed E-state index contributed by atoms with van der Waals surface area (Å²) in [6.45, 7) is 3.70. The Balaban J connectivity index is 0.00000240. The molecule has 1 N–H and O–H groups in total. The molecule has 0 aliphatic heterocycles. The molecule has 0 spiro atoms. The Labute approximate surface area is 173 Å². The molecule has 3 heterocycles. The standard InChI is InChI=1S/C20H19N5O3.ClH/c1-11-5-7-14-18(24-13-6-8-16(26-3)17(9-13)27-4)15(10-21-19(14)22-11)20-23-12(2)25-28-20;/h5-10H,1-4H3,(H,21,22,24);1H. The lowest BCUT2D eigenvalue weighted by Crippen LogP contribution is -1.99. The Morgan fingerprint density at radius 1 is 0.966 bits per heavy atom. The average molecular weight is 414 g/mol. The van der Waals surface area contributed by atoms with Crippen molar-refractivity contribution in [1.82, 2.24) is 20.1 Å². The number of halogens is 1. The number of aryl methyl sites for hydroxylation is 2. The van der Waals surface area contributed by atoms with Crippen LogP contribution in [0.25, 0.3) is 22.5 Å². The molecule has 0 aliphatic carbocycles. The summed E-state index contributed by atoms with van der Waals surface area (Å²) in [6.07, 6.45) is 1.69. The van der Waals surface area contributed by atoms with Crippen LogP contribution in [0.1, 0.15) is 11.5 Å². The van der Waals surface area contributed by atoms with Gasteiger partial charge in [-0.3, -0.25) is 0 Å². The number of rotatable bonds is 5. The second kappa shape index (κ2) is 8.32. The number of nitrogens with one attached hydrogen (secondary N) is 1. The van der Waals surface area contributed by atoms with Gasteiger partial charge in [0.15, 0.2) is 23.0 Å². The molecule has 0 unspecified atom stereocenters. The van der Waals surface area contributed by atoms with Crippen LogP contribution in [0.4, 0.5) is 11.4 Å². The molecule has 0 saturated carbocycles. The first kappa shape index (κ1) is 20.3. The first-order valence-electron chi connectivity index (χ1n) is 8.65. The van der Waals surface area contributed by atoms with E-state index in [-0.39, 0.29) is 12.4 Å². The highest BCUT2D eigenvalue weighted by molar-refractivity contribution is 5.98. The fourth-order valence-corrected chi connectivity index (χ4v) is 2.93. The highest BCUT2D eigenvalue weighted by Gasteiger charge is 2.17. The van der Waals surface area contributed by atoms with Gasteiger partial charge in [0.25, 0.3) is 5.89 Å². The lowest BCUT2D eigenvalue weighted by molar-refractivity contribution is 0.355. The molecule has 1 aromatic carbocycles. The van der Waals surface area contributed by atoms with E-state index in [0.717, 1.165) is 22.5 Å². The van der Waals surface area contributed by atoms with Crippen LogP contribution in [-0.2, 0) is 0 Å². The predicted octanol–water partition coefficient (Wildman–Crippen LogP) is 4.48. The van der Waals surface area contributed by atoms with Gasteiger partial charge in [0.2, 0.25) is 0 Å². The maximum absolute atomic E-state index is 5.41. The number of hydrogen-bond donors (Lipinski definition) is 1. The van der Waals surface area contributed by atoms with Gasteiger partial charge in [-0.2, -0.15) is 4.98 Å². The van der Waals surface area contributed by atoms with E-state index >= 15 is 0 Å². The Morgan fingerprint density at radius 2 is 1.76 bits per heavy atom. The minimum atomic E-state index is 0. The van der Waals surface area contributed by atoms with E-state index in [0.29, 0.717) is 34.4 Å². The Morgan fingerprint density at radius 3 is 2.45 bits per heavy atom. The molecule has 4 rings (SSSR count). The third-order valence-corrected chi connectivity index (χ3v) is 4.28. The minimum absolute atomic E-state index is 0. The second-order valence-corrected chi connectivity index (χ2v) is 6.21. The minimum Gasteiger partial charge on any atom is -0.493 e. The van der Waals surface area contributed by atoms with Crippen molar-refractivity contribution < 1.29 is 14.0 Å². The summed E-state index contributed by atoms with van der Waals surface area (Å²) >= 11 is 0. The quantitative estimate of drug-likeness (QED) is 0.511. The number of hydrogen-bond acceptors (Lipinski definition) is 8. The van der Waals surface area contributed by atoms with E-state index in [9.17, 15) is 0 Å². The molecule has 8 nitrogen and oxygen atoms in total. The molecular weight excluding hydrogens is 394 g/mol. The number of ether oxygens (including phenoxy) is 2. The fourth-order valence-electron chi connectivity index (χ4n) is 2.93. The number of aromatic nitrogens is 4. The van der Waals surface area contributed by atoms with Crippen molar-refractivity contribution in [3.63, 3.8) is 0 Å². The molecule has 9 heteroatoms. The lowest BCUT2D eigenvalue weighted by atomic mass is 10.1. The van der Waals surface area contributed by atoms with E-state index in [1.54, 1.807) is 27.3 Å². The maximum atomic E-state index is 5.41. The summed E-state index contributed by atoms with van der Waals surface area (Å²) < 4.78 is 16.1. The zero-order valence-corrected chi connectivity index (χ0v) is 17.2. The van der Waals surface area contributed by atoms with Gasteiger partial charge in [0.05, 0.1) is 25.5 Å². The van der Waals surface area contributed by atoms with Gasteiger partial charge in [0, 0.05) is 29.0 Å². The van der Waals surface area contributed by atoms with Gasteiger partial charge in [0.1, 0.15) is 0 Å². The fraction of sp³-hybridized carbons (Fsp3) is 0.200. The van der Waals surface area contributed by atoms with Crippen molar-refractivity contribution in [3.05, 3.63) is 48.0 Å². The van der Waals surface area contributed by atoms with Gasteiger partial charge < -0.3 is 19.3 Å². The number of pyridine rings is 2. The highest BCUT2D eigenvalue weighted by atomic mass is 35.5. The van der Waals surface area contributed by atoms with Crippen LogP contribution in [0.5, 0.6) is 11.5 Å². The smallest absolute Gasteiger partial charge is 0.261 e. The zero-order valence-electron chi connectivity index (χ0n) is 16.4. The molecule has 0 amide bonds. The summed E-state index contributed by atoms with van der Waals surface area (Å²) in [4.78, 5) is 13.3. The van der Waals surface area contributed by atoms with Crippen LogP contribution in [0, 0.1) is 13.8 Å². The molecule has 0 bridgehead atoms. The summed E-state index contributed by atoms with van der Waals surface area (Å²) in [6, 6.07) is 9.50. The van der Waals surface area contributed by atoms with Crippen LogP contribution in [0.2, 0.25) is 0 Å². The number of fused-ring (bicyclic) bond motifs is 1. The maximum Gasteiger partial charge on any atom is 0.261 e. The van der Waals surface area contributed by atoms with Crippen LogP contribution >= 0.6 is 12.4 Å². The van der Waals surface area contributed by atoms with Crippen molar-refractivity contribution in [2.24, 2.45) is 0 Å². The van der Waals surface area contributed by atoms with Crippen molar-refractivity contribution in [3.8, 4) is 23.0 Å². The van der Waals surface area contributed by atoms with E-state index < -0.39 is 0 Å². The molecular formula is C20H20ClN5O3. The first-order chi connectivity index (χ1) is 13.6. The summed E-state index contributed by atoms with van der Waals surface area (Å²) in [7, 11) is 3.20. The SMILES string of the molecule is COc1ccc(Nc2c(-c3nc(C)no3)cnc3nc(C)ccc23)cc1OC.Cl. The molecule has 0 saturated heterocycles. The van der Waals surface area contributed by atoms with E-state index in [1.807, 2.05) is 37.3 Å². The highest BCUT2D eigenvalue weighted by Crippen LogP contribution is 2.37. The third kappa shape index (κ3) is 3.93. The molecule has 0 aliphatic rings. The van der Waals surface area contributed by atoms with E-state index in [1.165, 1.54) is 0 Å². The molecule has 150 valence electrons. The molecule has 4 aromatic rings. The number of methoxy groups -OCH3 is 2. The van der Waals surface area contributed by atoms with Crippen molar-refractivity contribution in [1.29, 1.82) is 0 Å². The number of benzene rings is 1. The Kier molecular flexibility index (Phi) is 5.84. The van der Waals surface area contributed by atoms with Crippen molar-refractivity contribution in [2.45, 2.75) is 13.8 Å². The van der Waals surface area contributed by atoms with Gasteiger partial charge in [-0.05, 0) is 38.1 Å². The van der Waals surface area contributed by atoms with Crippen molar-refractivity contribution >= 4 is 34.8 Å². The molecule has 3 aromatic heterocycles. The third-order valence-electron chi connectivity index (χ3n) is 4.28. The van der Waals surface area contributed by atoms with Crippen LogP contribution in [-0.4, -0.2) is 34.3 Å². The summed E-state index contributed by atoms with van der Waals surface area (Å²) in [5, 5.41) is 8.16. The summed E-state index contributed by atoms with van der Waals surface area (Å²) in [5.74, 6) is 2.21. The van der Waals surface area contributed by atoms with Crippen LogP contribution in [0.3, 0.4) is 0 Å². The topological polar surface area (TPSA) is 95.2 Å². The molecule has 0 radical (unpaired) electrons. The Hall–Kier alpha value is -3.39. The first-order valence-corrected chi connectivity index (χ1v) is 8.65. The lowest BCUT2D eigenvalue weighted by Gasteiger charge is -2.15. The normalized spacial score (nSPS) is 10.5. The number of nitrogens with zero attached hydrogens (tertiary/aromatic N) is 4. The zero-order chi connectivity index (χ0) is 19.7. The van der Waals surface area contributed by atoms with E-state index in [2.05, 4.69) is 25.4 Å². The van der Waals surface area contributed by atoms with Crippen molar-refractivity contribution in [2.75, 3.05) is 19.5 Å². The van der Waals surface area contributed by atoms with Gasteiger partial charge in [-0.25, -0.2) is 9.97 Å². The largest absolute Gasteiger partial charge is 0.493 e. The van der Waals surface area contributed by atoms with E-state index in [4.69, 9.17) is 14.0 Å². The summed E-state index contributed by atoms with van der Waals surface area (Å²) in [5.41, 5.74) is 3.78. The average Bonchev–Trinajstić information content (AvgIpc) is 3.13. The number of anilines is 2. The molecule has 0 fully saturated rings. The van der Waals surface area contributed by atoms with Gasteiger partial charge in [-0.1, -0.05) is 5.16 Å².